The molecular weight excluding hydrogens is 224 g/mol. The summed E-state index contributed by atoms with van der Waals surface area (Å²) in [6.45, 7) is 11.2. The number of benzene rings is 1. The first-order valence-electron chi connectivity index (χ1n) is 6.71. The van der Waals surface area contributed by atoms with E-state index in [4.69, 9.17) is 4.74 Å². The van der Waals surface area contributed by atoms with E-state index >= 15 is 0 Å². The number of nitrogens with zero attached hydrogens (tertiary/aromatic N) is 1. The van der Waals surface area contributed by atoms with Gasteiger partial charge in [0.15, 0.2) is 0 Å². The SMILES string of the molecule is CC(C)(C)NCc1ccc(N2CCOCC2)cc1. The summed E-state index contributed by atoms with van der Waals surface area (Å²) in [6.07, 6.45) is 0. The molecule has 3 heteroatoms. The molecule has 0 amide bonds. The van der Waals surface area contributed by atoms with E-state index in [1.54, 1.807) is 0 Å². The number of anilines is 1. The lowest BCUT2D eigenvalue weighted by Crippen LogP contribution is -2.36. The molecule has 1 saturated heterocycles. The first-order valence-corrected chi connectivity index (χ1v) is 6.71. The molecule has 0 spiro atoms. The molecule has 0 unspecified atom stereocenters. The molecule has 100 valence electrons. The van der Waals surface area contributed by atoms with Crippen LogP contribution in [0.5, 0.6) is 0 Å². The lowest BCUT2D eigenvalue weighted by molar-refractivity contribution is 0.122. The van der Waals surface area contributed by atoms with Crippen LogP contribution in [0.3, 0.4) is 0 Å². The van der Waals surface area contributed by atoms with Crippen LogP contribution in [0.4, 0.5) is 5.69 Å². The highest BCUT2D eigenvalue weighted by Crippen LogP contribution is 2.17. The summed E-state index contributed by atoms with van der Waals surface area (Å²) >= 11 is 0. The zero-order chi connectivity index (χ0) is 13.0. The minimum absolute atomic E-state index is 0.170. The van der Waals surface area contributed by atoms with Crippen molar-refractivity contribution in [2.75, 3.05) is 31.2 Å². The third kappa shape index (κ3) is 4.00. The lowest BCUT2D eigenvalue weighted by atomic mass is 10.1. The number of nitrogens with one attached hydrogen (secondary N) is 1. The third-order valence-corrected chi connectivity index (χ3v) is 3.14. The highest BCUT2D eigenvalue weighted by molar-refractivity contribution is 5.47. The van der Waals surface area contributed by atoms with Crippen molar-refractivity contribution in [2.45, 2.75) is 32.9 Å². The summed E-state index contributed by atoms with van der Waals surface area (Å²) in [5.74, 6) is 0. The fraction of sp³-hybridized carbons (Fsp3) is 0.600. The van der Waals surface area contributed by atoms with E-state index in [1.807, 2.05) is 0 Å². The minimum Gasteiger partial charge on any atom is -0.378 e. The molecule has 0 atom stereocenters. The van der Waals surface area contributed by atoms with Gasteiger partial charge >= 0.3 is 0 Å². The largest absolute Gasteiger partial charge is 0.378 e. The zero-order valence-electron chi connectivity index (χ0n) is 11.7. The Kier molecular flexibility index (Phi) is 4.25. The van der Waals surface area contributed by atoms with Gasteiger partial charge in [-0.05, 0) is 38.5 Å². The van der Waals surface area contributed by atoms with Gasteiger partial charge in [-0.25, -0.2) is 0 Å². The van der Waals surface area contributed by atoms with Crippen molar-refractivity contribution in [1.82, 2.24) is 5.32 Å². The zero-order valence-corrected chi connectivity index (χ0v) is 11.7. The van der Waals surface area contributed by atoms with Crippen molar-refractivity contribution >= 4 is 5.69 Å². The van der Waals surface area contributed by atoms with E-state index in [0.717, 1.165) is 32.8 Å². The molecule has 1 aromatic rings. The fourth-order valence-corrected chi connectivity index (χ4v) is 2.01. The van der Waals surface area contributed by atoms with E-state index in [-0.39, 0.29) is 5.54 Å². The van der Waals surface area contributed by atoms with Gasteiger partial charge < -0.3 is 15.0 Å². The Balaban J connectivity index is 1.92. The van der Waals surface area contributed by atoms with Crippen LogP contribution < -0.4 is 10.2 Å². The van der Waals surface area contributed by atoms with E-state index < -0.39 is 0 Å². The molecule has 18 heavy (non-hydrogen) atoms. The smallest absolute Gasteiger partial charge is 0.0642 e. The molecule has 1 aromatic carbocycles. The Morgan fingerprint density at radius 3 is 2.28 bits per heavy atom. The fourth-order valence-electron chi connectivity index (χ4n) is 2.01. The van der Waals surface area contributed by atoms with Crippen molar-refractivity contribution in [1.29, 1.82) is 0 Å². The van der Waals surface area contributed by atoms with Crippen LogP contribution in [-0.4, -0.2) is 31.8 Å². The molecule has 1 aliphatic heterocycles. The average molecular weight is 248 g/mol. The Labute approximate surface area is 110 Å². The maximum absolute atomic E-state index is 5.37. The van der Waals surface area contributed by atoms with Gasteiger partial charge in [-0.2, -0.15) is 0 Å². The van der Waals surface area contributed by atoms with Gasteiger partial charge in [-0.3, -0.25) is 0 Å². The maximum atomic E-state index is 5.37. The quantitative estimate of drug-likeness (QED) is 0.889. The van der Waals surface area contributed by atoms with Gasteiger partial charge in [-0.1, -0.05) is 12.1 Å². The maximum Gasteiger partial charge on any atom is 0.0642 e. The van der Waals surface area contributed by atoms with Crippen LogP contribution in [0.15, 0.2) is 24.3 Å². The number of rotatable bonds is 3. The Bertz CT molecular complexity index is 361. The van der Waals surface area contributed by atoms with Gasteiger partial charge in [0.2, 0.25) is 0 Å². The molecule has 0 saturated carbocycles. The number of ether oxygens (including phenoxy) is 1. The van der Waals surface area contributed by atoms with Crippen molar-refractivity contribution < 1.29 is 4.74 Å². The highest BCUT2D eigenvalue weighted by Gasteiger charge is 2.11. The Hall–Kier alpha value is -1.06. The highest BCUT2D eigenvalue weighted by atomic mass is 16.5. The number of hydrogen-bond donors (Lipinski definition) is 1. The van der Waals surface area contributed by atoms with Gasteiger partial charge in [0.05, 0.1) is 13.2 Å². The van der Waals surface area contributed by atoms with Crippen LogP contribution in [0, 0.1) is 0 Å². The number of morpholine rings is 1. The monoisotopic (exact) mass is 248 g/mol. The van der Waals surface area contributed by atoms with Crippen LogP contribution in [0.25, 0.3) is 0 Å². The first-order chi connectivity index (χ1) is 8.54. The molecule has 0 radical (unpaired) electrons. The van der Waals surface area contributed by atoms with E-state index in [2.05, 4.69) is 55.3 Å². The average Bonchev–Trinajstić information content (AvgIpc) is 2.37. The summed E-state index contributed by atoms with van der Waals surface area (Å²) in [7, 11) is 0. The standard InChI is InChI=1S/C15H24N2O/c1-15(2,3)16-12-13-4-6-14(7-5-13)17-8-10-18-11-9-17/h4-7,16H,8-12H2,1-3H3. The molecular formula is C15H24N2O. The van der Waals surface area contributed by atoms with Gasteiger partial charge in [0.25, 0.3) is 0 Å². The van der Waals surface area contributed by atoms with Crippen LogP contribution in [0.2, 0.25) is 0 Å². The number of hydrogen-bond acceptors (Lipinski definition) is 3. The molecule has 1 aliphatic rings. The van der Waals surface area contributed by atoms with Gasteiger partial charge in [-0.15, -0.1) is 0 Å². The molecule has 0 bridgehead atoms. The summed E-state index contributed by atoms with van der Waals surface area (Å²) in [4.78, 5) is 2.38. The molecule has 0 aliphatic carbocycles. The molecule has 1 N–H and O–H groups in total. The summed E-state index contributed by atoms with van der Waals surface area (Å²) in [5, 5.41) is 3.50. The molecule has 2 rings (SSSR count). The van der Waals surface area contributed by atoms with Crippen molar-refractivity contribution in [3.8, 4) is 0 Å². The van der Waals surface area contributed by atoms with Crippen LogP contribution in [0.1, 0.15) is 26.3 Å². The minimum atomic E-state index is 0.170. The van der Waals surface area contributed by atoms with Crippen LogP contribution >= 0.6 is 0 Å². The molecule has 1 heterocycles. The second-order valence-corrected chi connectivity index (χ2v) is 5.87. The molecule has 1 fully saturated rings. The van der Waals surface area contributed by atoms with Crippen molar-refractivity contribution in [3.63, 3.8) is 0 Å². The first kappa shape index (κ1) is 13.4. The van der Waals surface area contributed by atoms with Crippen molar-refractivity contribution in [3.05, 3.63) is 29.8 Å². The van der Waals surface area contributed by atoms with Gasteiger partial charge in [0.1, 0.15) is 0 Å². The normalized spacial score (nSPS) is 16.9. The second-order valence-electron chi connectivity index (χ2n) is 5.87. The predicted molar refractivity (Wildman–Crippen MR) is 76.1 cm³/mol. The Morgan fingerprint density at radius 1 is 1.11 bits per heavy atom. The predicted octanol–water partition coefficient (Wildman–Crippen LogP) is 2.41. The van der Waals surface area contributed by atoms with E-state index in [1.165, 1.54) is 11.3 Å². The summed E-state index contributed by atoms with van der Waals surface area (Å²) in [5.41, 5.74) is 2.81. The summed E-state index contributed by atoms with van der Waals surface area (Å²) < 4.78 is 5.37. The topological polar surface area (TPSA) is 24.5 Å². The van der Waals surface area contributed by atoms with Gasteiger partial charge in [0, 0.05) is 30.9 Å². The van der Waals surface area contributed by atoms with Crippen molar-refractivity contribution in [2.24, 2.45) is 0 Å². The van der Waals surface area contributed by atoms with E-state index in [9.17, 15) is 0 Å². The van der Waals surface area contributed by atoms with Crippen LogP contribution in [-0.2, 0) is 11.3 Å². The Morgan fingerprint density at radius 2 is 1.72 bits per heavy atom. The summed E-state index contributed by atoms with van der Waals surface area (Å²) in [6, 6.07) is 8.85. The second kappa shape index (κ2) is 5.72. The lowest BCUT2D eigenvalue weighted by Gasteiger charge is -2.29. The molecule has 0 aromatic heterocycles. The third-order valence-electron chi connectivity index (χ3n) is 3.14. The van der Waals surface area contributed by atoms with E-state index in [0.29, 0.717) is 0 Å². The molecule has 3 nitrogen and oxygen atoms in total.